The minimum atomic E-state index is -0.485. The minimum absolute atomic E-state index is 0.113. The Hall–Kier alpha value is -2.33. The number of carbonyl (C=O) groups excluding carboxylic acids is 2. The zero-order valence-electron chi connectivity index (χ0n) is 14.9. The van der Waals surface area contributed by atoms with Crippen molar-refractivity contribution in [3.63, 3.8) is 0 Å². The van der Waals surface area contributed by atoms with E-state index in [0.29, 0.717) is 17.1 Å². The fraction of sp³-hybridized carbons (Fsp3) is 0.333. The summed E-state index contributed by atoms with van der Waals surface area (Å²) in [6.45, 7) is 0.440. The number of likely N-dealkylation sites (N-methyl/N-ethyl adjacent to an activating group) is 1. The first-order valence-electron chi connectivity index (χ1n) is 8.83. The Morgan fingerprint density at radius 3 is 2.38 bits per heavy atom. The summed E-state index contributed by atoms with van der Waals surface area (Å²) in [5.74, 6) is -0.351. The standard InChI is InChI=1S/C21H23ClN2O2/c1-24(14-15-5-4-6-16(13-15)19(23)25)20(26)21(11-2-3-12-21)17-7-9-18(22)10-8-17/h4-10,13H,2-3,11-12,14H2,1H3,(H2,23,25). The van der Waals surface area contributed by atoms with E-state index in [-0.39, 0.29) is 5.91 Å². The number of hydrogen-bond acceptors (Lipinski definition) is 2. The van der Waals surface area contributed by atoms with Gasteiger partial charge < -0.3 is 10.6 Å². The van der Waals surface area contributed by atoms with Gasteiger partial charge in [0.05, 0.1) is 5.41 Å². The molecule has 0 aliphatic heterocycles. The van der Waals surface area contributed by atoms with Crippen molar-refractivity contribution in [3.05, 3.63) is 70.2 Å². The molecule has 0 saturated heterocycles. The Bertz CT molecular complexity index is 811. The number of rotatable bonds is 5. The molecule has 0 bridgehead atoms. The second-order valence-corrected chi connectivity index (χ2v) is 7.46. The van der Waals surface area contributed by atoms with Crippen LogP contribution in [0.15, 0.2) is 48.5 Å². The number of amides is 2. The van der Waals surface area contributed by atoms with Gasteiger partial charge in [-0.2, -0.15) is 0 Å². The highest BCUT2D eigenvalue weighted by Crippen LogP contribution is 2.43. The lowest BCUT2D eigenvalue weighted by Gasteiger charge is -2.33. The SMILES string of the molecule is CN(Cc1cccc(C(N)=O)c1)C(=O)C1(c2ccc(Cl)cc2)CCCC1. The molecule has 0 heterocycles. The maximum absolute atomic E-state index is 13.4. The molecule has 2 N–H and O–H groups in total. The third-order valence-corrected chi connectivity index (χ3v) is 5.49. The molecule has 26 heavy (non-hydrogen) atoms. The van der Waals surface area contributed by atoms with Crippen molar-refractivity contribution < 1.29 is 9.59 Å². The van der Waals surface area contributed by atoms with Gasteiger partial charge in [-0.3, -0.25) is 9.59 Å². The van der Waals surface area contributed by atoms with Crippen molar-refractivity contribution in [1.82, 2.24) is 4.90 Å². The van der Waals surface area contributed by atoms with E-state index in [1.807, 2.05) is 37.4 Å². The van der Waals surface area contributed by atoms with Crippen molar-refractivity contribution >= 4 is 23.4 Å². The maximum atomic E-state index is 13.4. The third kappa shape index (κ3) is 3.61. The number of nitrogens with two attached hydrogens (primary N) is 1. The fourth-order valence-electron chi connectivity index (χ4n) is 3.91. The monoisotopic (exact) mass is 370 g/mol. The third-order valence-electron chi connectivity index (χ3n) is 5.24. The minimum Gasteiger partial charge on any atom is -0.366 e. The quantitative estimate of drug-likeness (QED) is 0.867. The fourth-order valence-corrected chi connectivity index (χ4v) is 4.03. The summed E-state index contributed by atoms with van der Waals surface area (Å²) in [5, 5.41) is 0.672. The highest BCUT2D eigenvalue weighted by Gasteiger charge is 2.44. The smallest absolute Gasteiger partial charge is 0.248 e. The summed E-state index contributed by atoms with van der Waals surface area (Å²) in [4.78, 5) is 26.5. The van der Waals surface area contributed by atoms with Crippen LogP contribution < -0.4 is 5.73 Å². The molecule has 0 unspecified atom stereocenters. The van der Waals surface area contributed by atoms with E-state index in [0.717, 1.165) is 36.8 Å². The van der Waals surface area contributed by atoms with Crippen LogP contribution in [0.3, 0.4) is 0 Å². The van der Waals surface area contributed by atoms with Gasteiger partial charge >= 0.3 is 0 Å². The van der Waals surface area contributed by atoms with Gasteiger partial charge in [0.2, 0.25) is 11.8 Å². The van der Waals surface area contributed by atoms with Gasteiger partial charge in [-0.15, -0.1) is 0 Å². The predicted molar refractivity (Wildman–Crippen MR) is 103 cm³/mol. The van der Waals surface area contributed by atoms with E-state index in [2.05, 4.69) is 0 Å². The largest absolute Gasteiger partial charge is 0.366 e. The van der Waals surface area contributed by atoms with Crippen LogP contribution in [0.5, 0.6) is 0 Å². The van der Waals surface area contributed by atoms with Crippen LogP contribution in [0.1, 0.15) is 47.2 Å². The van der Waals surface area contributed by atoms with Gasteiger partial charge in [0.25, 0.3) is 0 Å². The van der Waals surface area contributed by atoms with E-state index in [9.17, 15) is 9.59 Å². The topological polar surface area (TPSA) is 63.4 Å². The summed E-state index contributed by atoms with van der Waals surface area (Å²) in [7, 11) is 1.81. The van der Waals surface area contributed by atoms with Gasteiger partial charge in [0.15, 0.2) is 0 Å². The first-order valence-corrected chi connectivity index (χ1v) is 9.20. The molecule has 136 valence electrons. The molecule has 0 aromatic heterocycles. The number of hydrogen-bond donors (Lipinski definition) is 1. The van der Waals surface area contributed by atoms with Crippen molar-refractivity contribution in [2.45, 2.75) is 37.6 Å². The van der Waals surface area contributed by atoms with E-state index in [1.165, 1.54) is 0 Å². The lowest BCUT2D eigenvalue weighted by molar-refractivity contribution is -0.136. The van der Waals surface area contributed by atoms with Crippen LogP contribution in [0.25, 0.3) is 0 Å². The van der Waals surface area contributed by atoms with Crippen molar-refractivity contribution in [1.29, 1.82) is 0 Å². The molecular weight excluding hydrogens is 348 g/mol. The van der Waals surface area contributed by atoms with E-state index in [1.54, 1.807) is 23.1 Å². The van der Waals surface area contributed by atoms with Gasteiger partial charge in [-0.05, 0) is 48.2 Å². The molecule has 2 amide bonds. The van der Waals surface area contributed by atoms with Crippen LogP contribution in [-0.2, 0) is 16.8 Å². The molecule has 0 radical (unpaired) electrons. The summed E-state index contributed by atoms with van der Waals surface area (Å²) < 4.78 is 0. The molecule has 1 saturated carbocycles. The predicted octanol–water partition coefficient (Wildman–Crippen LogP) is 3.91. The first-order chi connectivity index (χ1) is 12.4. The molecule has 1 aliphatic carbocycles. The van der Waals surface area contributed by atoms with Crippen LogP contribution in [-0.4, -0.2) is 23.8 Å². The second-order valence-electron chi connectivity index (χ2n) is 7.02. The summed E-state index contributed by atoms with van der Waals surface area (Å²) in [6, 6.07) is 14.7. The molecule has 0 spiro atoms. The number of halogens is 1. The molecule has 1 fully saturated rings. The highest BCUT2D eigenvalue weighted by molar-refractivity contribution is 6.30. The molecule has 4 nitrogen and oxygen atoms in total. The average Bonchev–Trinajstić information content (AvgIpc) is 3.12. The average molecular weight is 371 g/mol. The zero-order valence-corrected chi connectivity index (χ0v) is 15.6. The normalized spacial score (nSPS) is 15.6. The maximum Gasteiger partial charge on any atom is 0.248 e. The molecule has 5 heteroatoms. The summed E-state index contributed by atoms with van der Waals surface area (Å²) in [5.41, 5.74) is 7.24. The van der Waals surface area contributed by atoms with Crippen molar-refractivity contribution in [2.24, 2.45) is 5.73 Å². The van der Waals surface area contributed by atoms with Gasteiger partial charge in [-0.1, -0.05) is 48.7 Å². The first kappa shape index (κ1) is 18.5. The van der Waals surface area contributed by atoms with Crippen LogP contribution in [0.2, 0.25) is 5.02 Å². The summed E-state index contributed by atoms with van der Waals surface area (Å²) >= 11 is 6.02. The lowest BCUT2D eigenvalue weighted by Crippen LogP contribution is -2.43. The van der Waals surface area contributed by atoms with Crippen LogP contribution in [0.4, 0.5) is 0 Å². The van der Waals surface area contributed by atoms with Gasteiger partial charge in [0, 0.05) is 24.2 Å². The molecule has 3 rings (SSSR count). The van der Waals surface area contributed by atoms with Gasteiger partial charge in [-0.25, -0.2) is 0 Å². The van der Waals surface area contributed by atoms with E-state index in [4.69, 9.17) is 17.3 Å². The van der Waals surface area contributed by atoms with Gasteiger partial charge in [0.1, 0.15) is 0 Å². The number of benzene rings is 2. The highest BCUT2D eigenvalue weighted by atomic mass is 35.5. The summed E-state index contributed by atoms with van der Waals surface area (Å²) in [6.07, 6.45) is 3.77. The Morgan fingerprint density at radius 2 is 1.77 bits per heavy atom. The lowest BCUT2D eigenvalue weighted by atomic mass is 9.77. The van der Waals surface area contributed by atoms with E-state index >= 15 is 0 Å². The Kier molecular flexibility index (Phi) is 5.33. The molecule has 2 aromatic rings. The van der Waals surface area contributed by atoms with Crippen molar-refractivity contribution in [2.75, 3.05) is 7.05 Å². The Morgan fingerprint density at radius 1 is 1.12 bits per heavy atom. The Balaban J connectivity index is 1.84. The molecular formula is C21H23ClN2O2. The number of nitrogens with zero attached hydrogens (tertiary/aromatic N) is 1. The van der Waals surface area contributed by atoms with E-state index < -0.39 is 11.3 Å². The Labute approximate surface area is 158 Å². The van der Waals surface area contributed by atoms with Crippen LogP contribution >= 0.6 is 11.6 Å². The molecule has 0 atom stereocenters. The number of primary amides is 1. The second kappa shape index (κ2) is 7.50. The molecule has 1 aliphatic rings. The zero-order chi connectivity index (χ0) is 18.7. The van der Waals surface area contributed by atoms with Crippen molar-refractivity contribution in [3.8, 4) is 0 Å². The molecule has 2 aromatic carbocycles. The number of carbonyl (C=O) groups is 2. The van der Waals surface area contributed by atoms with Crippen LogP contribution in [0, 0.1) is 0 Å².